The van der Waals surface area contributed by atoms with Crippen molar-refractivity contribution in [3.8, 4) is 0 Å². The molecule has 0 saturated carbocycles. The van der Waals surface area contributed by atoms with Gasteiger partial charge in [0.2, 0.25) is 0 Å². The van der Waals surface area contributed by atoms with E-state index in [-0.39, 0.29) is 5.56 Å². The molecule has 4 nitrogen and oxygen atoms in total. The van der Waals surface area contributed by atoms with Crippen LogP contribution in [0.1, 0.15) is 13.3 Å². The van der Waals surface area contributed by atoms with E-state index in [4.69, 9.17) is 5.73 Å². The van der Waals surface area contributed by atoms with Gasteiger partial charge in [-0.25, -0.2) is 0 Å². The highest BCUT2D eigenvalue weighted by molar-refractivity contribution is 5.95. The lowest BCUT2D eigenvalue weighted by molar-refractivity contribution is 0.846. The Hall–Kier alpha value is -2.36. The number of aliphatic imine (C=N–C) groups is 1. The van der Waals surface area contributed by atoms with Crippen LogP contribution in [-0.2, 0) is 6.54 Å². The van der Waals surface area contributed by atoms with Crippen LogP contribution in [0, 0.1) is 0 Å². The maximum Gasteiger partial charge on any atom is 0.251 e. The number of benzene rings is 1. The molecule has 0 bridgehead atoms. The Bertz CT molecular complexity index is 726. The van der Waals surface area contributed by atoms with Crippen molar-refractivity contribution in [2.45, 2.75) is 19.9 Å². The molecular weight excluding hydrogens is 250 g/mol. The van der Waals surface area contributed by atoms with Gasteiger partial charge in [-0.1, -0.05) is 13.0 Å². The molecule has 0 aliphatic carbocycles. The van der Waals surface area contributed by atoms with Gasteiger partial charge in [-0.3, -0.25) is 9.79 Å². The number of nitrogen functional groups attached to an aromatic ring is 1. The topological polar surface area (TPSA) is 60.4 Å². The average molecular weight is 269 g/mol. The highest BCUT2D eigenvalue weighted by Crippen LogP contribution is 2.15. The van der Waals surface area contributed by atoms with Crippen molar-refractivity contribution in [3.63, 3.8) is 0 Å². The number of aromatic nitrogens is 1. The first kappa shape index (κ1) is 14.1. The first-order valence-electron chi connectivity index (χ1n) is 6.67. The molecular formula is C16H19N3O. The van der Waals surface area contributed by atoms with Crippen molar-refractivity contribution in [1.29, 1.82) is 0 Å². The largest absolute Gasteiger partial charge is 0.399 e. The summed E-state index contributed by atoms with van der Waals surface area (Å²) >= 11 is 0. The van der Waals surface area contributed by atoms with Gasteiger partial charge < -0.3 is 10.3 Å². The fraction of sp³-hybridized carbons (Fsp3) is 0.250. The van der Waals surface area contributed by atoms with E-state index in [2.05, 4.69) is 11.9 Å². The van der Waals surface area contributed by atoms with Gasteiger partial charge in [0.15, 0.2) is 0 Å². The van der Waals surface area contributed by atoms with Gasteiger partial charge in [0, 0.05) is 24.2 Å². The molecule has 2 rings (SSSR count). The summed E-state index contributed by atoms with van der Waals surface area (Å²) in [4.78, 5) is 16.3. The smallest absolute Gasteiger partial charge is 0.251 e. The van der Waals surface area contributed by atoms with Crippen LogP contribution in [-0.4, -0.2) is 17.3 Å². The van der Waals surface area contributed by atoms with Crippen molar-refractivity contribution >= 4 is 22.3 Å². The number of hydrogen-bond donors (Lipinski definition) is 1. The molecule has 0 unspecified atom stereocenters. The Balaban J connectivity index is 2.50. The van der Waals surface area contributed by atoms with Crippen molar-refractivity contribution in [3.05, 3.63) is 52.8 Å². The summed E-state index contributed by atoms with van der Waals surface area (Å²) in [6.45, 7) is 2.53. The molecule has 0 radical (unpaired) electrons. The third-order valence-corrected chi connectivity index (χ3v) is 3.17. The highest BCUT2D eigenvalue weighted by atomic mass is 16.1. The van der Waals surface area contributed by atoms with Crippen molar-refractivity contribution in [2.24, 2.45) is 4.99 Å². The number of allylic oxidation sites excluding steroid dienone is 2. The summed E-state index contributed by atoms with van der Waals surface area (Å²) in [6.07, 6.45) is 4.94. The van der Waals surface area contributed by atoms with Crippen LogP contribution in [0.2, 0.25) is 0 Å². The van der Waals surface area contributed by atoms with Crippen LogP contribution >= 0.6 is 0 Å². The average Bonchev–Trinajstić information content (AvgIpc) is 2.45. The minimum Gasteiger partial charge on any atom is -0.399 e. The van der Waals surface area contributed by atoms with E-state index in [1.165, 1.54) is 0 Å². The molecule has 4 heteroatoms. The molecule has 0 saturated heterocycles. The lowest BCUT2D eigenvalue weighted by atomic mass is 10.2. The molecule has 0 fully saturated rings. The third-order valence-electron chi connectivity index (χ3n) is 3.17. The summed E-state index contributed by atoms with van der Waals surface area (Å²) in [7, 11) is 1.74. The quantitative estimate of drug-likeness (QED) is 0.685. The second kappa shape index (κ2) is 6.19. The molecule has 104 valence electrons. The van der Waals surface area contributed by atoms with Crippen molar-refractivity contribution in [1.82, 2.24) is 4.57 Å². The highest BCUT2D eigenvalue weighted by Gasteiger charge is 2.05. The number of rotatable bonds is 4. The van der Waals surface area contributed by atoms with Crippen molar-refractivity contribution in [2.75, 3.05) is 12.8 Å². The lowest BCUT2D eigenvalue weighted by Crippen LogP contribution is -2.23. The molecule has 2 aromatic rings. The van der Waals surface area contributed by atoms with Gasteiger partial charge in [0.05, 0.1) is 17.8 Å². The first-order valence-corrected chi connectivity index (χ1v) is 6.67. The maximum atomic E-state index is 12.1. The Labute approximate surface area is 118 Å². The Morgan fingerprint density at radius 1 is 1.35 bits per heavy atom. The predicted octanol–water partition coefficient (Wildman–Crippen LogP) is 2.62. The predicted molar refractivity (Wildman–Crippen MR) is 85.4 cm³/mol. The van der Waals surface area contributed by atoms with E-state index in [9.17, 15) is 4.79 Å². The fourth-order valence-electron chi connectivity index (χ4n) is 2.10. The van der Waals surface area contributed by atoms with Gasteiger partial charge in [0.25, 0.3) is 5.56 Å². The van der Waals surface area contributed by atoms with E-state index < -0.39 is 0 Å². The van der Waals surface area contributed by atoms with Crippen LogP contribution in [0.4, 0.5) is 5.69 Å². The molecule has 0 spiro atoms. The van der Waals surface area contributed by atoms with Crippen LogP contribution < -0.4 is 11.3 Å². The van der Waals surface area contributed by atoms with Crippen LogP contribution in [0.5, 0.6) is 0 Å². The SMILES string of the molecule is CC/C=C\C(Cn1c(=O)ccc2cc(N)ccc21)=NC. The first-order chi connectivity index (χ1) is 9.65. The zero-order valence-corrected chi connectivity index (χ0v) is 11.8. The summed E-state index contributed by atoms with van der Waals surface area (Å²) < 4.78 is 1.72. The second-order valence-corrected chi connectivity index (χ2v) is 4.60. The van der Waals surface area contributed by atoms with E-state index in [0.717, 1.165) is 23.0 Å². The van der Waals surface area contributed by atoms with Gasteiger partial charge in [-0.15, -0.1) is 0 Å². The zero-order valence-electron chi connectivity index (χ0n) is 11.8. The normalized spacial score (nSPS) is 12.4. The van der Waals surface area contributed by atoms with Crippen LogP contribution in [0.3, 0.4) is 0 Å². The second-order valence-electron chi connectivity index (χ2n) is 4.60. The number of hydrogen-bond acceptors (Lipinski definition) is 3. The molecule has 0 atom stereocenters. The number of fused-ring (bicyclic) bond motifs is 1. The molecule has 0 amide bonds. The molecule has 2 N–H and O–H groups in total. The summed E-state index contributed by atoms with van der Waals surface area (Å²) in [5, 5.41) is 0.958. The Kier molecular flexibility index (Phi) is 4.35. The minimum absolute atomic E-state index is 0.0340. The lowest BCUT2D eigenvalue weighted by Gasteiger charge is -2.10. The molecule has 0 aliphatic rings. The number of anilines is 1. The van der Waals surface area contributed by atoms with Gasteiger partial charge >= 0.3 is 0 Å². The number of nitrogens with zero attached hydrogens (tertiary/aromatic N) is 2. The maximum absolute atomic E-state index is 12.1. The van der Waals surface area contributed by atoms with Gasteiger partial charge in [0.1, 0.15) is 0 Å². The summed E-state index contributed by atoms with van der Waals surface area (Å²) in [5.41, 5.74) is 8.19. The Morgan fingerprint density at radius 3 is 2.85 bits per heavy atom. The molecule has 1 aromatic heterocycles. The van der Waals surface area contributed by atoms with E-state index >= 15 is 0 Å². The van der Waals surface area contributed by atoms with Crippen molar-refractivity contribution < 1.29 is 0 Å². The standard InChI is InChI=1S/C16H19N3O/c1-3-4-5-14(18-2)11-19-15-8-7-13(17)10-12(15)6-9-16(19)20/h4-10H,3,11,17H2,1-2H3/b5-4-,18-14?. The molecule has 1 heterocycles. The minimum atomic E-state index is -0.0340. The zero-order chi connectivity index (χ0) is 14.5. The fourth-order valence-corrected chi connectivity index (χ4v) is 2.10. The van der Waals surface area contributed by atoms with E-state index in [0.29, 0.717) is 12.2 Å². The summed E-state index contributed by atoms with van der Waals surface area (Å²) in [6, 6.07) is 8.93. The van der Waals surface area contributed by atoms with Crippen LogP contribution in [0.15, 0.2) is 52.3 Å². The van der Waals surface area contributed by atoms with Gasteiger partial charge in [-0.05, 0) is 36.8 Å². The number of nitrogens with two attached hydrogens (primary N) is 1. The summed E-state index contributed by atoms with van der Waals surface area (Å²) in [5.74, 6) is 0. The molecule has 20 heavy (non-hydrogen) atoms. The molecule has 1 aromatic carbocycles. The van der Waals surface area contributed by atoms with Gasteiger partial charge in [-0.2, -0.15) is 0 Å². The van der Waals surface area contributed by atoms with E-state index in [1.807, 2.05) is 30.4 Å². The molecule has 0 aliphatic heterocycles. The van der Waals surface area contributed by atoms with E-state index in [1.54, 1.807) is 23.7 Å². The number of pyridine rings is 1. The van der Waals surface area contributed by atoms with Crippen LogP contribution in [0.25, 0.3) is 10.9 Å². The monoisotopic (exact) mass is 269 g/mol. The third kappa shape index (κ3) is 2.96. The Morgan fingerprint density at radius 2 is 2.15 bits per heavy atom.